The average molecular weight is 342 g/mol. The molecule has 1 heterocycles. The monoisotopic (exact) mass is 342 g/mol. The third kappa shape index (κ3) is 3.91. The van der Waals surface area contributed by atoms with E-state index >= 15 is 0 Å². The zero-order valence-electron chi connectivity index (χ0n) is 13.5. The van der Waals surface area contributed by atoms with Gasteiger partial charge < -0.3 is 4.74 Å². The molecule has 2 unspecified atom stereocenters. The fraction of sp³-hybridized carbons (Fsp3) is 0.625. The van der Waals surface area contributed by atoms with E-state index in [0.29, 0.717) is 13.1 Å². The first-order valence-electron chi connectivity index (χ1n) is 8.03. The van der Waals surface area contributed by atoms with Gasteiger partial charge in [-0.05, 0) is 44.4 Å². The van der Waals surface area contributed by atoms with Crippen LogP contribution in [0.2, 0.25) is 0 Å². The summed E-state index contributed by atoms with van der Waals surface area (Å²) in [5.41, 5.74) is 0.802. The Balaban J connectivity index is 1.80. The van der Waals surface area contributed by atoms with Crippen LogP contribution in [0.4, 0.5) is 4.39 Å². The molecule has 7 heteroatoms. The van der Waals surface area contributed by atoms with Gasteiger partial charge in [-0.25, -0.2) is 4.39 Å². The molecule has 1 aromatic carbocycles. The van der Waals surface area contributed by atoms with Crippen molar-refractivity contribution in [1.82, 2.24) is 8.61 Å². The van der Waals surface area contributed by atoms with Crippen molar-refractivity contribution in [1.29, 1.82) is 0 Å². The van der Waals surface area contributed by atoms with E-state index in [1.807, 2.05) is 13.8 Å². The molecule has 1 aliphatic carbocycles. The summed E-state index contributed by atoms with van der Waals surface area (Å²) >= 11 is 0. The van der Waals surface area contributed by atoms with Gasteiger partial charge >= 0.3 is 0 Å². The van der Waals surface area contributed by atoms with Gasteiger partial charge in [0.15, 0.2) is 0 Å². The lowest BCUT2D eigenvalue weighted by Crippen LogP contribution is -2.53. The summed E-state index contributed by atoms with van der Waals surface area (Å²) in [4.78, 5) is 0. The lowest BCUT2D eigenvalue weighted by molar-refractivity contribution is -0.0456. The summed E-state index contributed by atoms with van der Waals surface area (Å²) in [5, 5.41) is 0. The highest BCUT2D eigenvalue weighted by Gasteiger charge is 2.42. The van der Waals surface area contributed by atoms with Gasteiger partial charge in [0.2, 0.25) is 0 Å². The van der Waals surface area contributed by atoms with Gasteiger partial charge in [0.05, 0.1) is 12.2 Å². The van der Waals surface area contributed by atoms with Gasteiger partial charge in [-0.1, -0.05) is 12.1 Å². The van der Waals surface area contributed by atoms with Gasteiger partial charge in [0, 0.05) is 25.7 Å². The smallest absolute Gasteiger partial charge is 0.282 e. The molecule has 2 aliphatic rings. The van der Waals surface area contributed by atoms with Crippen molar-refractivity contribution < 1.29 is 17.5 Å². The Bertz CT molecular complexity index is 636. The van der Waals surface area contributed by atoms with E-state index < -0.39 is 10.2 Å². The lowest BCUT2D eigenvalue weighted by Gasteiger charge is -2.37. The molecule has 1 saturated carbocycles. The molecule has 1 saturated heterocycles. The van der Waals surface area contributed by atoms with Gasteiger partial charge in [-0.15, -0.1) is 0 Å². The third-order valence-corrected chi connectivity index (χ3v) is 6.19. The minimum atomic E-state index is -3.54. The van der Waals surface area contributed by atoms with Crippen LogP contribution in [0.25, 0.3) is 0 Å². The quantitative estimate of drug-likeness (QED) is 0.824. The van der Waals surface area contributed by atoms with Crippen LogP contribution in [-0.2, 0) is 21.5 Å². The van der Waals surface area contributed by atoms with E-state index in [0.717, 1.165) is 18.4 Å². The van der Waals surface area contributed by atoms with Crippen LogP contribution in [0, 0.1) is 5.82 Å². The number of rotatable bonds is 5. The van der Waals surface area contributed by atoms with Gasteiger partial charge in [0.1, 0.15) is 5.82 Å². The minimum absolute atomic E-state index is 0.0542. The fourth-order valence-electron chi connectivity index (χ4n) is 3.00. The molecule has 128 valence electrons. The molecular formula is C16H23FN2O3S. The van der Waals surface area contributed by atoms with Gasteiger partial charge in [0.25, 0.3) is 10.2 Å². The topological polar surface area (TPSA) is 49.9 Å². The van der Waals surface area contributed by atoms with Crippen molar-refractivity contribution in [2.24, 2.45) is 0 Å². The van der Waals surface area contributed by atoms with Crippen molar-refractivity contribution >= 4 is 10.2 Å². The molecule has 2 atom stereocenters. The van der Waals surface area contributed by atoms with E-state index in [9.17, 15) is 12.8 Å². The zero-order chi connectivity index (χ0) is 16.6. The maximum atomic E-state index is 13.1. The first-order chi connectivity index (χ1) is 10.9. The highest BCUT2D eigenvalue weighted by atomic mass is 32.2. The van der Waals surface area contributed by atoms with Gasteiger partial charge in [-0.3, -0.25) is 0 Å². The van der Waals surface area contributed by atoms with Crippen LogP contribution in [0.1, 0.15) is 32.3 Å². The summed E-state index contributed by atoms with van der Waals surface area (Å²) < 4.78 is 47.9. The van der Waals surface area contributed by atoms with Crippen LogP contribution in [-0.4, -0.2) is 48.4 Å². The van der Waals surface area contributed by atoms with Crippen LogP contribution in [0.5, 0.6) is 0 Å². The Labute approximate surface area is 137 Å². The predicted molar refractivity (Wildman–Crippen MR) is 85.5 cm³/mol. The van der Waals surface area contributed by atoms with E-state index in [4.69, 9.17) is 4.74 Å². The molecule has 5 nitrogen and oxygen atoms in total. The highest BCUT2D eigenvalue weighted by molar-refractivity contribution is 7.86. The lowest BCUT2D eigenvalue weighted by atomic mass is 10.2. The summed E-state index contributed by atoms with van der Waals surface area (Å²) in [5.74, 6) is -0.314. The maximum absolute atomic E-state index is 13.1. The van der Waals surface area contributed by atoms with E-state index in [-0.39, 0.29) is 30.6 Å². The number of morpholine rings is 1. The Hall–Kier alpha value is -1.02. The largest absolute Gasteiger partial charge is 0.373 e. The molecule has 3 rings (SSSR count). The number of ether oxygens (including phenoxy) is 1. The van der Waals surface area contributed by atoms with Crippen LogP contribution in [0.3, 0.4) is 0 Å². The average Bonchev–Trinajstić information content (AvgIpc) is 3.30. The fourth-order valence-corrected chi connectivity index (χ4v) is 4.99. The van der Waals surface area contributed by atoms with E-state index in [1.165, 1.54) is 16.4 Å². The number of nitrogens with zero attached hydrogens (tertiary/aromatic N) is 2. The second-order valence-electron chi connectivity index (χ2n) is 6.48. The normalized spacial score (nSPS) is 26.6. The van der Waals surface area contributed by atoms with Crippen molar-refractivity contribution in [3.05, 3.63) is 35.6 Å². The minimum Gasteiger partial charge on any atom is -0.373 e. The molecule has 1 aromatic rings. The number of hydrogen-bond acceptors (Lipinski definition) is 3. The molecule has 0 N–H and O–H groups in total. The molecule has 0 bridgehead atoms. The number of halogens is 1. The molecule has 23 heavy (non-hydrogen) atoms. The van der Waals surface area contributed by atoms with Crippen molar-refractivity contribution in [3.63, 3.8) is 0 Å². The Morgan fingerprint density at radius 2 is 1.74 bits per heavy atom. The third-order valence-electron chi connectivity index (χ3n) is 4.21. The summed E-state index contributed by atoms with van der Waals surface area (Å²) in [6.45, 7) is 4.81. The molecular weight excluding hydrogens is 319 g/mol. The molecule has 2 fully saturated rings. The van der Waals surface area contributed by atoms with Crippen LogP contribution < -0.4 is 0 Å². The Kier molecular flexibility index (Phi) is 4.73. The van der Waals surface area contributed by atoms with Crippen LogP contribution >= 0.6 is 0 Å². The summed E-state index contributed by atoms with van der Waals surface area (Å²) in [7, 11) is -3.54. The Morgan fingerprint density at radius 1 is 1.17 bits per heavy atom. The predicted octanol–water partition coefficient (Wildman–Crippen LogP) is 2.14. The molecule has 1 aliphatic heterocycles. The number of hydrogen-bond donors (Lipinski definition) is 0. The molecule has 0 amide bonds. The highest BCUT2D eigenvalue weighted by Crippen LogP contribution is 2.33. The van der Waals surface area contributed by atoms with Crippen molar-refractivity contribution in [2.45, 2.75) is 51.5 Å². The van der Waals surface area contributed by atoms with E-state index in [1.54, 1.807) is 16.4 Å². The first kappa shape index (κ1) is 16.8. The van der Waals surface area contributed by atoms with Gasteiger partial charge in [-0.2, -0.15) is 17.0 Å². The second-order valence-corrected chi connectivity index (χ2v) is 8.37. The van der Waals surface area contributed by atoms with Crippen molar-refractivity contribution in [2.75, 3.05) is 13.1 Å². The molecule has 0 spiro atoms. The second kappa shape index (κ2) is 6.47. The SMILES string of the molecule is CC1CN(S(=O)(=O)N(Cc2ccc(F)cc2)C2CC2)CC(C)O1. The van der Waals surface area contributed by atoms with Crippen molar-refractivity contribution in [3.8, 4) is 0 Å². The maximum Gasteiger partial charge on any atom is 0.282 e. The zero-order valence-corrected chi connectivity index (χ0v) is 14.3. The molecule has 0 aromatic heterocycles. The first-order valence-corrected chi connectivity index (χ1v) is 9.43. The molecule has 0 radical (unpaired) electrons. The number of benzene rings is 1. The van der Waals surface area contributed by atoms with Crippen LogP contribution in [0.15, 0.2) is 24.3 Å². The standard InChI is InChI=1S/C16H23FN2O3S/c1-12-9-18(10-13(2)22-12)23(20,21)19(16-7-8-16)11-14-3-5-15(17)6-4-14/h3-6,12-13,16H,7-11H2,1-2H3. The Morgan fingerprint density at radius 3 is 2.26 bits per heavy atom. The summed E-state index contributed by atoms with van der Waals surface area (Å²) in [6, 6.07) is 6.08. The van der Waals surface area contributed by atoms with E-state index in [2.05, 4.69) is 0 Å². The summed E-state index contributed by atoms with van der Waals surface area (Å²) in [6.07, 6.45) is 1.55.